The number of aromatic nitrogens is 2. The fourth-order valence-electron chi connectivity index (χ4n) is 1.40. The molecular formula is C12H12FN3OS. The Morgan fingerprint density at radius 2 is 2.33 bits per heavy atom. The number of nitrogens with zero attached hydrogens (tertiary/aromatic N) is 2. The van der Waals surface area contributed by atoms with E-state index >= 15 is 0 Å². The zero-order valence-corrected chi connectivity index (χ0v) is 10.6. The first kappa shape index (κ1) is 12.6. The monoisotopic (exact) mass is 265 g/mol. The van der Waals surface area contributed by atoms with E-state index in [0.717, 1.165) is 16.3 Å². The van der Waals surface area contributed by atoms with Gasteiger partial charge in [0.25, 0.3) is 5.91 Å². The van der Waals surface area contributed by atoms with Gasteiger partial charge in [-0.15, -0.1) is 11.3 Å². The number of pyridine rings is 1. The number of thiazole rings is 1. The fraction of sp³-hybridized carbons (Fsp3) is 0.250. The molecule has 18 heavy (non-hydrogen) atoms. The van der Waals surface area contributed by atoms with Crippen molar-refractivity contribution in [3.8, 4) is 0 Å². The number of hydrogen-bond donors (Lipinski definition) is 1. The van der Waals surface area contributed by atoms with E-state index in [-0.39, 0.29) is 5.56 Å². The molecule has 0 aliphatic carbocycles. The summed E-state index contributed by atoms with van der Waals surface area (Å²) in [6.45, 7) is 2.35. The van der Waals surface area contributed by atoms with Gasteiger partial charge in [0.15, 0.2) is 0 Å². The quantitative estimate of drug-likeness (QED) is 0.862. The third-order valence-electron chi connectivity index (χ3n) is 2.35. The van der Waals surface area contributed by atoms with Crippen LogP contribution in [0.2, 0.25) is 0 Å². The molecule has 6 heteroatoms. The molecular weight excluding hydrogens is 253 g/mol. The Balaban J connectivity index is 1.98. The third kappa shape index (κ3) is 2.89. The van der Waals surface area contributed by atoms with Gasteiger partial charge in [0, 0.05) is 17.3 Å². The van der Waals surface area contributed by atoms with Gasteiger partial charge in [-0.25, -0.2) is 9.97 Å². The van der Waals surface area contributed by atoms with E-state index < -0.39 is 11.9 Å². The number of carbonyl (C=O) groups excluding carboxylic acids is 1. The maximum Gasteiger partial charge on any atom is 0.256 e. The first-order valence-electron chi connectivity index (χ1n) is 5.53. The lowest BCUT2D eigenvalue weighted by Gasteiger charge is -2.03. The molecule has 0 atom stereocenters. The zero-order valence-electron chi connectivity index (χ0n) is 9.81. The van der Waals surface area contributed by atoms with Crippen LogP contribution in [0.4, 0.5) is 4.39 Å². The molecule has 0 fully saturated rings. The van der Waals surface area contributed by atoms with Crippen molar-refractivity contribution < 1.29 is 9.18 Å². The Morgan fingerprint density at radius 1 is 1.50 bits per heavy atom. The zero-order chi connectivity index (χ0) is 13.0. The molecule has 4 nitrogen and oxygen atoms in total. The molecule has 0 aromatic carbocycles. The van der Waals surface area contributed by atoms with E-state index in [4.69, 9.17) is 0 Å². The SMILES string of the molecule is CCc1cnc(CNC(=O)c2cccnc2F)s1. The smallest absolute Gasteiger partial charge is 0.256 e. The van der Waals surface area contributed by atoms with Crippen LogP contribution in [0.25, 0.3) is 0 Å². The van der Waals surface area contributed by atoms with Crippen molar-refractivity contribution in [1.82, 2.24) is 15.3 Å². The van der Waals surface area contributed by atoms with Crippen LogP contribution in [0, 0.1) is 5.95 Å². The first-order chi connectivity index (χ1) is 8.70. The van der Waals surface area contributed by atoms with Gasteiger partial charge in [0.2, 0.25) is 5.95 Å². The minimum atomic E-state index is -0.761. The lowest BCUT2D eigenvalue weighted by molar-refractivity contribution is 0.0946. The Morgan fingerprint density at radius 3 is 3.00 bits per heavy atom. The molecule has 0 saturated carbocycles. The molecule has 2 rings (SSSR count). The van der Waals surface area contributed by atoms with Crippen LogP contribution in [-0.4, -0.2) is 15.9 Å². The summed E-state index contributed by atoms with van der Waals surface area (Å²) >= 11 is 1.54. The number of aryl methyl sites for hydroxylation is 1. The molecule has 2 aromatic rings. The van der Waals surface area contributed by atoms with Crippen LogP contribution in [0.1, 0.15) is 27.2 Å². The predicted molar refractivity (Wildman–Crippen MR) is 66.9 cm³/mol. The van der Waals surface area contributed by atoms with E-state index in [2.05, 4.69) is 15.3 Å². The van der Waals surface area contributed by atoms with Gasteiger partial charge < -0.3 is 5.32 Å². The molecule has 0 aliphatic heterocycles. The second-order valence-electron chi connectivity index (χ2n) is 3.60. The van der Waals surface area contributed by atoms with Crippen molar-refractivity contribution >= 4 is 17.2 Å². The number of nitrogens with one attached hydrogen (secondary N) is 1. The van der Waals surface area contributed by atoms with E-state index in [1.165, 1.54) is 29.7 Å². The van der Waals surface area contributed by atoms with E-state index in [1.54, 1.807) is 6.20 Å². The second kappa shape index (κ2) is 5.68. The van der Waals surface area contributed by atoms with Crippen LogP contribution < -0.4 is 5.32 Å². The Bertz CT molecular complexity index is 556. The van der Waals surface area contributed by atoms with E-state index in [1.807, 2.05) is 6.92 Å². The summed E-state index contributed by atoms with van der Waals surface area (Å²) in [7, 11) is 0. The van der Waals surface area contributed by atoms with Crippen LogP contribution in [0.3, 0.4) is 0 Å². The van der Waals surface area contributed by atoms with Gasteiger partial charge in [-0.1, -0.05) is 6.92 Å². The van der Waals surface area contributed by atoms with Gasteiger partial charge >= 0.3 is 0 Å². The van der Waals surface area contributed by atoms with Gasteiger partial charge in [0.05, 0.1) is 12.1 Å². The predicted octanol–water partition coefficient (Wildman–Crippen LogP) is 2.17. The average Bonchev–Trinajstić information content (AvgIpc) is 2.84. The van der Waals surface area contributed by atoms with Gasteiger partial charge in [-0.3, -0.25) is 4.79 Å². The van der Waals surface area contributed by atoms with Crippen molar-refractivity contribution in [1.29, 1.82) is 0 Å². The van der Waals surface area contributed by atoms with Crippen molar-refractivity contribution in [3.63, 3.8) is 0 Å². The molecule has 0 saturated heterocycles. The highest BCUT2D eigenvalue weighted by atomic mass is 32.1. The topological polar surface area (TPSA) is 54.9 Å². The van der Waals surface area contributed by atoms with E-state index in [0.29, 0.717) is 6.54 Å². The molecule has 0 bridgehead atoms. The lowest BCUT2D eigenvalue weighted by Crippen LogP contribution is -2.24. The Kier molecular flexibility index (Phi) is 3.99. The summed E-state index contributed by atoms with van der Waals surface area (Å²) in [5.41, 5.74) is -0.0511. The van der Waals surface area contributed by atoms with Crippen LogP contribution >= 0.6 is 11.3 Å². The van der Waals surface area contributed by atoms with E-state index in [9.17, 15) is 9.18 Å². The van der Waals surface area contributed by atoms with Gasteiger partial charge in [-0.05, 0) is 18.6 Å². The molecule has 0 unspecified atom stereocenters. The molecule has 0 radical (unpaired) electrons. The largest absolute Gasteiger partial charge is 0.345 e. The number of carbonyl (C=O) groups is 1. The standard InChI is InChI=1S/C12H12FN3OS/c1-2-8-6-15-10(18-8)7-16-12(17)9-4-3-5-14-11(9)13/h3-6H,2,7H2,1H3,(H,16,17). The highest BCUT2D eigenvalue weighted by molar-refractivity contribution is 7.11. The highest BCUT2D eigenvalue weighted by Gasteiger charge is 2.12. The maximum atomic E-state index is 13.2. The molecule has 2 aromatic heterocycles. The summed E-state index contributed by atoms with van der Waals surface area (Å²) in [5, 5.41) is 3.43. The van der Waals surface area contributed by atoms with Crippen molar-refractivity contribution in [2.24, 2.45) is 0 Å². The van der Waals surface area contributed by atoms with Crippen molar-refractivity contribution in [2.75, 3.05) is 0 Å². The second-order valence-corrected chi connectivity index (χ2v) is 4.80. The summed E-state index contributed by atoms with van der Waals surface area (Å²) in [6, 6.07) is 2.92. The van der Waals surface area contributed by atoms with Crippen molar-refractivity contribution in [3.05, 3.63) is 45.9 Å². The van der Waals surface area contributed by atoms with Crippen LogP contribution in [0.15, 0.2) is 24.5 Å². The Hall–Kier alpha value is -1.82. The third-order valence-corrected chi connectivity index (χ3v) is 3.50. The Labute approximate surface area is 108 Å². The number of halogens is 1. The summed E-state index contributed by atoms with van der Waals surface area (Å²) in [4.78, 5) is 20.5. The van der Waals surface area contributed by atoms with Gasteiger partial charge in [-0.2, -0.15) is 4.39 Å². The lowest BCUT2D eigenvalue weighted by atomic mass is 10.2. The molecule has 94 valence electrons. The van der Waals surface area contributed by atoms with Crippen LogP contribution in [0.5, 0.6) is 0 Å². The van der Waals surface area contributed by atoms with Crippen molar-refractivity contribution in [2.45, 2.75) is 19.9 Å². The molecule has 2 heterocycles. The number of rotatable bonds is 4. The summed E-state index contributed by atoms with van der Waals surface area (Å²) < 4.78 is 13.2. The minimum absolute atomic E-state index is 0.0511. The summed E-state index contributed by atoms with van der Waals surface area (Å²) in [5.74, 6) is -1.24. The number of hydrogen-bond acceptors (Lipinski definition) is 4. The summed E-state index contributed by atoms with van der Waals surface area (Å²) in [6.07, 6.45) is 4.01. The fourth-order valence-corrected chi connectivity index (χ4v) is 2.20. The molecule has 1 amide bonds. The normalized spacial score (nSPS) is 10.3. The maximum absolute atomic E-state index is 13.2. The molecule has 0 aliphatic rings. The minimum Gasteiger partial charge on any atom is -0.345 e. The first-order valence-corrected chi connectivity index (χ1v) is 6.34. The number of amides is 1. The average molecular weight is 265 g/mol. The van der Waals surface area contributed by atoms with Crippen LogP contribution in [-0.2, 0) is 13.0 Å². The highest BCUT2D eigenvalue weighted by Crippen LogP contribution is 2.13. The molecule has 0 spiro atoms. The molecule has 1 N–H and O–H groups in total. The van der Waals surface area contributed by atoms with Gasteiger partial charge in [0.1, 0.15) is 5.01 Å².